The average molecular weight is 213 g/mol. The summed E-state index contributed by atoms with van der Waals surface area (Å²) in [7, 11) is 1.90. The van der Waals surface area contributed by atoms with Crippen LogP contribution in [0.4, 0.5) is 0 Å². The molecule has 1 rings (SSSR count). The van der Waals surface area contributed by atoms with E-state index in [9.17, 15) is 4.79 Å². The number of hydrogen-bond acceptors (Lipinski definition) is 3. The topological polar surface area (TPSA) is 38.3 Å². The van der Waals surface area contributed by atoms with Crippen molar-refractivity contribution in [2.45, 2.75) is 39.2 Å². The Bertz CT molecular complexity index is 202. The maximum Gasteiger partial charge on any atom is 0.140 e. The summed E-state index contributed by atoms with van der Waals surface area (Å²) >= 11 is 0. The quantitative estimate of drug-likeness (QED) is 0.728. The van der Waals surface area contributed by atoms with E-state index < -0.39 is 0 Å². The van der Waals surface area contributed by atoms with Gasteiger partial charge in [0.25, 0.3) is 0 Å². The van der Waals surface area contributed by atoms with Crippen molar-refractivity contribution in [3.8, 4) is 0 Å². The molecule has 0 spiro atoms. The third-order valence-electron chi connectivity index (χ3n) is 3.51. The molecule has 88 valence electrons. The van der Waals surface area contributed by atoms with Crippen LogP contribution in [0, 0.1) is 11.8 Å². The van der Waals surface area contributed by atoms with Gasteiger partial charge in [-0.05, 0) is 13.0 Å². The maximum atomic E-state index is 12.0. The van der Waals surface area contributed by atoms with E-state index >= 15 is 0 Å². The van der Waals surface area contributed by atoms with E-state index in [1.807, 2.05) is 7.05 Å². The molecule has 1 N–H and O–H groups in total. The summed E-state index contributed by atoms with van der Waals surface area (Å²) in [4.78, 5) is 12.0. The Balaban J connectivity index is 2.45. The van der Waals surface area contributed by atoms with Gasteiger partial charge >= 0.3 is 0 Å². The minimum Gasteiger partial charge on any atom is -0.379 e. The van der Waals surface area contributed by atoms with Gasteiger partial charge in [0.2, 0.25) is 0 Å². The van der Waals surface area contributed by atoms with Crippen LogP contribution in [0.5, 0.6) is 0 Å². The second-order valence-electron chi connectivity index (χ2n) is 4.39. The third-order valence-corrected chi connectivity index (χ3v) is 3.51. The fourth-order valence-corrected chi connectivity index (χ4v) is 2.17. The van der Waals surface area contributed by atoms with Gasteiger partial charge in [0, 0.05) is 12.5 Å². The van der Waals surface area contributed by atoms with E-state index in [0.29, 0.717) is 24.9 Å². The zero-order valence-corrected chi connectivity index (χ0v) is 10.1. The molecule has 1 heterocycles. The second-order valence-corrected chi connectivity index (χ2v) is 4.39. The van der Waals surface area contributed by atoms with E-state index in [0.717, 1.165) is 19.3 Å². The number of ketones is 1. The van der Waals surface area contributed by atoms with Gasteiger partial charge in [-0.25, -0.2) is 0 Å². The van der Waals surface area contributed by atoms with Crippen molar-refractivity contribution in [1.29, 1.82) is 0 Å². The Morgan fingerprint density at radius 2 is 2.07 bits per heavy atom. The molecule has 15 heavy (non-hydrogen) atoms. The molecule has 1 fully saturated rings. The van der Waals surface area contributed by atoms with Crippen molar-refractivity contribution in [3.63, 3.8) is 0 Å². The number of nitrogens with one attached hydrogen (secondary N) is 1. The van der Waals surface area contributed by atoms with Crippen LogP contribution in [0.15, 0.2) is 0 Å². The van der Waals surface area contributed by atoms with E-state index in [1.54, 1.807) is 0 Å². The Morgan fingerprint density at radius 1 is 1.40 bits per heavy atom. The van der Waals surface area contributed by atoms with Gasteiger partial charge in [-0.2, -0.15) is 0 Å². The fourth-order valence-electron chi connectivity index (χ4n) is 2.17. The third kappa shape index (κ3) is 3.28. The molecule has 0 aromatic rings. The number of carbonyl (C=O) groups is 1. The molecule has 3 heteroatoms. The Labute approximate surface area is 92.6 Å². The van der Waals surface area contributed by atoms with Crippen LogP contribution in [0.25, 0.3) is 0 Å². The number of likely N-dealkylation sites (N-methyl/N-ethyl adjacent to an activating group) is 1. The van der Waals surface area contributed by atoms with Crippen LogP contribution < -0.4 is 5.32 Å². The summed E-state index contributed by atoms with van der Waals surface area (Å²) in [6, 6.07) is 0.229. The molecule has 1 saturated heterocycles. The first-order valence-electron chi connectivity index (χ1n) is 6.00. The van der Waals surface area contributed by atoms with Gasteiger partial charge < -0.3 is 10.1 Å². The number of rotatable bonds is 6. The molecule has 2 unspecified atom stereocenters. The summed E-state index contributed by atoms with van der Waals surface area (Å²) in [5.74, 6) is 1.01. The molecule has 0 aromatic heterocycles. The zero-order valence-electron chi connectivity index (χ0n) is 10.1. The molecule has 1 aliphatic heterocycles. The number of ether oxygens (including phenoxy) is 1. The highest BCUT2D eigenvalue weighted by Crippen LogP contribution is 2.21. The molecule has 2 atom stereocenters. The van der Waals surface area contributed by atoms with Crippen LogP contribution in [0.2, 0.25) is 0 Å². The molecule has 0 radical (unpaired) electrons. The van der Waals surface area contributed by atoms with Crippen LogP contribution in [-0.2, 0) is 9.53 Å². The minimum atomic E-state index is 0.0793. The van der Waals surface area contributed by atoms with Crippen LogP contribution in [0.1, 0.15) is 33.1 Å². The van der Waals surface area contributed by atoms with Gasteiger partial charge in [-0.3, -0.25) is 4.79 Å². The van der Waals surface area contributed by atoms with Crippen molar-refractivity contribution in [2.24, 2.45) is 11.8 Å². The van der Waals surface area contributed by atoms with E-state index in [2.05, 4.69) is 19.2 Å². The normalized spacial score (nSPS) is 26.1. The lowest BCUT2D eigenvalue weighted by Crippen LogP contribution is -2.37. The van der Waals surface area contributed by atoms with E-state index in [-0.39, 0.29) is 12.0 Å². The minimum absolute atomic E-state index is 0.0793. The van der Waals surface area contributed by atoms with Gasteiger partial charge in [0.15, 0.2) is 0 Å². The highest BCUT2D eigenvalue weighted by Gasteiger charge is 2.33. The van der Waals surface area contributed by atoms with E-state index in [4.69, 9.17) is 4.74 Å². The molecule has 3 nitrogen and oxygen atoms in total. The molecule has 0 aromatic carbocycles. The molecule has 0 bridgehead atoms. The van der Waals surface area contributed by atoms with Crippen LogP contribution in [-0.4, -0.2) is 32.1 Å². The number of carbonyl (C=O) groups excluding carboxylic acids is 1. The number of Topliss-reactive ketones (excluding diaryl/α,β-unsaturated/α-hetero) is 1. The average Bonchev–Trinajstić information content (AvgIpc) is 2.73. The Hall–Kier alpha value is -0.410. The van der Waals surface area contributed by atoms with Crippen molar-refractivity contribution < 1.29 is 9.53 Å². The lowest BCUT2D eigenvalue weighted by Gasteiger charge is -2.18. The van der Waals surface area contributed by atoms with Crippen LogP contribution in [0.3, 0.4) is 0 Å². The van der Waals surface area contributed by atoms with Gasteiger partial charge in [0.1, 0.15) is 5.78 Å². The predicted molar refractivity (Wildman–Crippen MR) is 60.9 cm³/mol. The Kier molecular flexibility index (Phi) is 5.26. The summed E-state index contributed by atoms with van der Waals surface area (Å²) in [6.45, 7) is 5.59. The largest absolute Gasteiger partial charge is 0.379 e. The lowest BCUT2D eigenvalue weighted by molar-refractivity contribution is -0.124. The van der Waals surface area contributed by atoms with Gasteiger partial charge in [-0.15, -0.1) is 0 Å². The highest BCUT2D eigenvalue weighted by atomic mass is 16.5. The molecule has 0 amide bonds. The van der Waals surface area contributed by atoms with Crippen molar-refractivity contribution in [2.75, 3.05) is 20.3 Å². The zero-order chi connectivity index (χ0) is 11.3. The summed E-state index contributed by atoms with van der Waals surface area (Å²) < 4.78 is 5.35. The Morgan fingerprint density at radius 3 is 2.60 bits per heavy atom. The fraction of sp³-hybridized carbons (Fsp3) is 0.917. The first kappa shape index (κ1) is 12.7. The smallest absolute Gasteiger partial charge is 0.140 e. The molecule has 0 saturated carbocycles. The van der Waals surface area contributed by atoms with Crippen molar-refractivity contribution >= 4 is 5.78 Å². The van der Waals surface area contributed by atoms with Gasteiger partial charge in [-0.1, -0.05) is 26.7 Å². The molecule has 0 aliphatic carbocycles. The van der Waals surface area contributed by atoms with Crippen molar-refractivity contribution in [3.05, 3.63) is 0 Å². The summed E-state index contributed by atoms with van der Waals surface area (Å²) in [6.07, 6.45) is 2.92. The first-order chi connectivity index (χ1) is 7.22. The highest BCUT2D eigenvalue weighted by molar-refractivity contribution is 5.82. The monoisotopic (exact) mass is 213 g/mol. The maximum absolute atomic E-state index is 12.0. The summed E-state index contributed by atoms with van der Waals surface area (Å²) in [5, 5.41) is 3.16. The summed E-state index contributed by atoms with van der Waals surface area (Å²) in [5.41, 5.74) is 0. The predicted octanol–water partition coefficient (Wildman–Crippen LogP) is 1.62. The standard InChI is InChI=1S/C12H23NO2/c1-4-9(5-2)6-12(14)10-7-15-8-11(10)13-3/h9-11,13H,4-8H2,1-3H3. The van der Waals surface area contributed by atoms with Crippen LogP contribution >= 0.6 is 0 Å². The SMILES string of the molecule is CCC(CC)CC(=O)C1COCC1NC. The first-order valence-corrected chi connectivity index (χ1v) is 6.00. The lowest BCUT2D eigenvalue weighted by atomic mass is 9.89. The second kappa shape index (κ2) is 6.23. The molecule has 1 aliphatic rings. The van der Waals surface area contributed by atoms with Gasteiger partial charge in [0.05, 0.1) is 19.1 Å². The molecular weight excluding hydrogens is 190 g/mol. The number of hydrogen-bond donors (Lipinski definition) is 1. The molecular formula is C12H23NO2. The van der Waals surface area contributed by atoms with Crippen molar-refractivity contribution in [1.82, 2.24) is 5.32 Å². The van der Waals surface area contributed by atoms with E-state index in [1.165, 1.54) is 0 Å².